The molecule has 0 N–H and O–H groups in total. The SMILES string of the molecule is O=S(=O)([O-])C(F)(F)S(=O)(=O)OB(OF)OF.[Li+]. The molecule has 0 atom stereocenters. The van der Waals surface area contributed by atoms with Gasteiger partial charge in [0, 0.05) is 0 Å². The molecule has 0 aromatic heterocycles. The molecule has 0 radical (unpaired) electrons. The van der Waals surface area contributed by atoms with Crippen molar-refractivity contribution in [1.29, 1.82) is 0 Å². The van der Waals surface area contributed by atoms with Crippen LogP contribution in [-0.4, -0.2) is 33.3 Å². The molecule has 16 heteroatoms. The van der Waals surface area contributed by atoms with Gasteiger partial charge in [0.2, 0.25) is 0 Å². The van der Waals surface area contributed by atoms with Gasteiger partial charge in [-0.1, -0.05) is 9.05 Å². The maximum absolute atomic E-state index is 12.4. The Bertz CT molecular complexity index is 428. The molecule has 8 nitrogen and oxygen atoms in total. The zero-order valence-electron chi connectivity index (χ0n) is 7.67. The molecule has 0 fully saturated rings. The summed E-state index contributed by atoms with van der Waals surface area (Å²) in [6.07, 6.45) is 0. The summed E-state index contributed by atoms with van der Waals surface area (Å²) in [7, 11) is -16.6. The number of alkyl halides is 2. The van der Waals surface area contributed by atoms with Gasteiger partial charge in [0.15, 0.2) is 10.1 Å². The molecule has 0 aliphatic heterocycles. The summed E-state index contributed by atoms with van der Waals surface area (Å²) in [6.45, 7) is 0. The predicted octanol–water partition coefficient (Wildman–Crippen LogP) is -3.78. The molecular weight excluding hydrogens is 298 g/mol. The number of hydrogen-bond donors (Lipinski definition) is 0. The summed E-state index contributed by atoms with van der Waals surface area (Å²) in [5.74, 6) is 0. The summed E-state index contributed by atoms with van der Waals surface area (Å²) in [5, 5.41) is 0. The van der Waals surface area contributed by atoms with Crippen molar-refractivity contribution in [3.8, 4) is 0 Å². The van der Waals surface area contributed by atoms with Crippen LogP contribution >= 0.6 is 0 Å². The average molecular weight is 298 g/mol. The van der Waals surface area contributed by atoms with Crippen molar-refractivity contribution in [3.05, 3.63) is 0 Å². The van der Waals surface area contributed by atoms with Crippen LogP contribution in [-0.2, 0) is 34.1 Å². The zero-order valence-corrected chi connectivity index (χ0v) is 9.30. The first-order chi connectivity index (χ1) is 6.99. The zero-order chi connectivity index (χ0) is 13.2. The van der Waals surface area contributed by atoms with Crippen LogP contribution in [0, 0.1) is 0 Å². The average Bonchev–Trinajstić information content (AvgIpc) is 2.12. The quantitative estimate of drug-likeness (QED) is 0.278. The summed E-state index contributed by atoms with van der Waals surface area (Å²) < 4.78 is 94.1. The molecule has 96 valence electrons. The maximum atomic E-state index is 12.4. The molecule has 0 saturated carbocycles. The second-order valence-electron chi connectivity index (χ2n) is 1.93. The van der Waals surface area contributed by atoms with Gasteiger partial charge in [0.25, 0.3) is 0 Å². The van der Waals surface area contributed by atoms with Gasteiger partial charge in [-0.25, -0.2) is 8.42 Å². The van der Waals surface area contributed by atoms with Crippen molar-refractivity contribution >= 4 is 27.6 Å². The molecule has 0 aliphatic rings. The van der Waals surface area contributed by atoms with Crippen molar-refractivity contribution in [2.45, 2.75) is 4.59 Å². The molecule has 17 heavy (non-hydrogen) atoms. The van der Waals surface area contributed by atoms with Crippen LogP contribution in [0.4, 0.5) is 17.8 Å². The molecule has 0 saturated heterocycles. The largest absolute Gasteiger partial charge is 1.00 e. The van der Waals surface area contributed by atoms with E-state index in [1.54, 1.807) is 0 Å². The van der Waals surface area contributed by atoms with Crippen LogP contribution in [0.1, 0.15) is 0 Å². The normalized spacial score (nSPS) is 13.0. The van der Waals surface area contributed by atoms with Crippen LogP contribution < -0.4 is 18.9 Å². The number of rotatable bonds is 6. The first-order valence-electron chi connectivity index (χ1n) is 2.80. The van der Waals surface area contributed by atoms with Crippen molar-refractivity contribution in [3.63, 3.8) is 0 Å². The van der Waals surface area contributed by atoms with E-state index in [0.717, 1.165) is 0 Å². The number of halogens is 4. The van der Waals surface area contributed by atoms with E-state index in [-0.39, 0.29) is 18.9 Å². The molecular formula is CBF4LiO8S2. The van der Waals surface area contributed by atoms with Gasteiger partial charge < -0.3 is 4.55 Å². The van der Waals surface area contributed by atoms with E-state index in [1.165, 1.54) is 0 Å². The second-order valence-corrected chi connectivity index (χ2v) is 5.23. The van der Waals surface area contributed by atoms with Crippen molar-refractivity contribution < 1.29 is 71.9 Å². The fourth-order valence-corrected chi connectivity index (χ4v) is 1.82. The van der Waals surface area contributed by atoms with E-state index < -0.39 is 32.1 Å². The minimum Gasteiger partial charge on any atom is -0.742 e. The van der Waals surface area contributed by atoms with E-state index in [9.17, 15) is 39.2 Å². The maximum Gasteiger partial charge on any atom is 1.00 e. The Morgan fingerprint density at radius 1 is 1.06 bits per heavy atom. The third-order valence-electron chi connectivity index (χ3n) is 0.933. The molecule has 0 amide bonds. The van der Waals surface area contributed by atoms with Crippen LogP contribution in [0.25, 0.3) is 0 Å². The van der Waals surface area contributed by atoms with Crippen molar-refractivity contribution in [2.75, 3.05) is 0 Å². The summed E-state index contributed by atoms with van der Waals surface area (Å²) in [4.78, 5) is 4.43. The minimum absolute atomic E-state index is 0. The van der Waals surface area contributed by atoms with Crippen LogP contribution in [0.3, 0.4) is 0 Å². The molecule has 0 bridgehead atoms. The molecule has 0 aromatic rings. The van der Waals surface area contributed by atoms with Gasteiger partial charge in [0.1, 0.15) is 0 Å². The van der Waals surface area contributed by atoms with Crippen molar-refractivity contribution in [1.82, 2.24) is 0 Å². The Labute approximate surface area is 104 Å². The van der Waals surface area contributed by atoms with Gasteiger partial charge in [-0.2, -0.15) is 26.9 Å². The van der Waals surface area contributed by atoms with Crippen LogP contribution in [0.5, 0.6) is 0 Å². The van der Waals surface area contributed by atoms with Gasteiger partial charge in [0.05, 0.1) is 0 Å². The van der Waals surface area contributed by atoms with Crippen LogP contribution in [0.2, 0.25) is 0 Å². The summed E-state index contributed by atoms with van der Waals surface area (Å²) >= 11 is 0. The fraction of sp³-hybridized carbons (Fsp3) is 1.00. The van der Waals surface area contributed by atoms with E-state index in [4.69, 9.17) is 0 Å². The Balaban J connectivity index is 0. The predicted molar refractivity (Wildman–Crippen MR) is 34.8 cm³/mol. The Morgan fingerprint density at radius 3 is 1.65 bits per heavy atom. The van der Waals surface area contributed by atoms with E-state index in [2.05, 4.69) is 13.8 Å². The Kier molecular flexibility index (Phi) is 7.25. The number of hydrogen-bond acceptors (Lipinski definition) is 8. The second kappa shape index (κ2) is 6.34. The molecule has 0 unspecified atom stereocenters. The summed E-state index contributed by atoms with van der Waals surface area (Å²) in [5.41, 5.74) is 0. The van der Waals surface area contributed by atoms with Crippen LogP contribution in [0.15, 0.2) is 0 Å². The first-order valence-corrected chi connectivity index (χ1v) is 5.62. The third kappa shape index (κ3) is 4.37. The monoisotopic (exact) mass is 298 g/mol. The van der Waals surface area contributed by atoms with Crippen molar-refractivity contribution in [2.24, 2.45) is 0 Å². The smallest absolute Gasteiger partial charge is 0.742 e. The fourth-order valence-electron chi connectivity index (χ4n) is 0.328. The molecule has 0 aliphatic carbocycles. The molecule has 0 aromatic carbocycles. The van der Waals surface area contributed by atoms with E-state index in [0.29, 0.717) is 0 Å². The van der Waals surface area contributed by atoms with Gasteiger partial charge >= 0.3 is 40.9 Å². The summed E-state index contributed by atoms with van der Waals surface area (Å²) in [6, 6.07) is 0. The third-order valence-corrected chi connectivity index (χ3v) is 3.73. The Hall–Kier alpha value is 0.122. The van der Waals surface area contributed by atoms with E-state index in [1.807, 2.05) is 0 Å². The minimum atomic E-state index is -6.67. The first kappa shape index (κ1) is 19.5. The van der Waals surface area contributed by atoms with Gasteiger partial charge in [-0.15, -0.1) is 0 Å². The molecule has 0 spiro atoms. The topological polar surface area (TPSA) is 119 Å². The molecule has 0 heterocycles. The van der Waals surface area contributed by atoms with Gasteiger partial charge in [-0.05, 0) is 0 Å². The van der Waals surface area contributed by atoms with Gasteiger partial charge in [-0.3, -0.25) is 4.10 Å². The molecule has 0 rings (SSSR count). The Morgan fingerprint density at radius 2 is 1.41 bits per heavy atom. The standard InChI is InChI=1S/CHBF4O8S2.Li/c3-1(4,15(7,8)9)16(10,11)14-2(12-5)13-6;/h(H,7,8,9);/q;+1/p-1. The van der Waals surface area contributed by atoms with E-state index >= 15 is 0 Å².